The number of nitrogens with one attached hydrogen (secondary N) is 2. The lowest BCUT2D eigenvalue weighted by molar-refractivity contribution is -0.128. The van der Waals surface area contributed by atoms with Crippen molar-refractivity contribution in [3.05, 3.63) is 30.0 Å². The molecule has 0 bridgehead atoms. The van der Waals surface area contributed by atoms with Crippen molar-refractivity contribution in [1.29, 1.82) is 0 Å². The van der Waals surface area contributed by atoms with Crippen LogP contribution >= 0.6 is 12.4 Å². The maximum absolute atomic E-state index is 13.0. The molecule has 1 saturated heterocycles. The summed E-state index contributed by atoms with van der Waals surface area (Å²) in [6.07, 6.45) is 4.37. The lowest BCUT2D eigenvalue weighted by atomic mass is 9.67. The van der Waals surface area contributed by atoms with Crippen LogP contribution in [0.5, 0.6) is 0 Å². The predicted octanol–water partition coefficient (Wildman–Crippen LogP) is 3.36. The number of carbonyl (C=O) groups excluding carboxylic acids is 2. The Morgan fingerprint density at radius 3 is 2.96 bits per heavy atom. The summed E-state index contributed by atoms with van der Waals surface area (Å²) < 4.78 is 10.1. The number of amides is 1. The largest absolute Gasteiger partial charge is 0.463 e. The maximum Gasteiger partial charge on any atom is 0.373 e. The minimum absolute atomic E-state index is 0. The fourth-order valence-electron chi connectivity index (χ4n) is 4.27. The first kappa shape index (κ1) is 18.7. The van der Waals surface area contributed by atoms with E-state index >= 15 is 0 Å². The molecular weight excluding hydrogens is 356 g/mol. The molecule has 2 aromatic rings. The molecule has 1 saturated carbocycles. The normalized spacial score (nSPS) is 24.6. The number of ether oxygens (including phenoxy) is 1. The van der Waals surface area contributed by atoms with Crippen LogP contribution in [-0.2, 0) is 9.53 Å². The molecule has 4 rings (SSSR count). The van der Waals surface area contributed by atoms with E-state index in [-0.39, 0.29) is 29.5 Å². The minimum atomic E-state index is -0.511. The summed E-state index contributed by atoms with van der Waals surface area (Å²) in [5, 5.41) is 7.24. The van der Waals surface area contributed by atoms with Gasteiger partial charge in [-0.15, -0.1) is 12.4 Å². The van der Waals surface area contributed by atoms with E-state index in [0.29, 0.717) is 11.5 Å². The van der Waals surface area contributed by atoms with Gasteiger partial charge in [-0.1, -0.05) is 12.8 Å². The molecule has 2 fully saturated rings. The first-order valence-electron chi connectivity index (χ1n) is 8.76. The van der Waals surface area contributed by atoms with Crippen LogP contribution in [-0.4, -0.2) is 32.1 Å². The molecule has 2 atom stereocenters. The first-order valence-corrected chi connectivity index (χ1v) is 8.76. The summed E-state index contributed by atoms with van der Waals surface area (Å²) in [5.74, 6) is 0.165. The molecule has 1 aliphatic heterocycles. The van der Waals surface area contributed by atoms with Crippen molar-refractivity contribution in [3.8, 4) is 0 Å². The lowest BCUT2D eigenvalue weighted by Gasteiger charge is -2.37. The maximum atomic E-state index is 13.0. The number of esters is 1. The van der Waals surface area contributed by atoms with Gasteiger partial charge in [-0.05, 0) is 49.6 Å². The van der Waals surface area contributed by atoms with Crippen LogP contribution in [0, 0.1) is 11.3 Å². The number of carbonyl (C=O) groups is 2. The molecule has 0 radical (unpaired) electrons. The monoisotopic (exact) mass is 378 g/mol. The van der Waals surface area contributed by atoms with E-state index < -0.39 is 5.97 Å². The molecule has 2 N–H and O–H groups in total. The zero-order valence-corrected chi connectivity index (χ0v) is 15.5. The topological polar surface area (TPSA) is 80.6 Å². The second-order valence-corrected chi connectivity index (χ2v) is 7.04. The third-order valence-corrected chi connectivity index (χ3v) is 5.65. The smallest absolute Gasteiger partial charge is 0.373 e. The second kappa shape index (κ2) is 7.29. The van der Waals surface area contributed by atoms with E-state index in [1.165, 1.54) is 13.5 Å². The van der Waals surface area contributed by atoms with Crippen LogP contribution in [0.2, 0.25) is 0 Å². The Balaban J connectivity index is 0.00000196. The fourth-order valence-corrected chi connectivity index (χ4v) is 4.27. The first-order chi connectivity index (χ1) is 12.1. The van der Waals surface area contributed by atoms with E-state index in [9.17, 15) is 9.59 Å². The van der Waals surface area contributed by atoms with Crippen molar-refractivity contribution in [3.63, 3.8) is 0 Å². The van der Waals surface area contributed by atoms with Crippen molar-refractivity contribution in [2.75, 3.05) is 25.5 Å². The molecule has 140 valence electrons. The van der Waals surface area contributed by atoms with Gasteiger partial charge in [0, 0.05) is 17.6 Å². The predicted molar refractivity (Wildman–Crippen MR) is 101 cm³/mol. The number of benzene rings is 1. The van der Waals surface area contributed by atoms with Gasteiger partial charge in [0.15, 0.2) is 0 Å². The summed E-state index contributed by atoms with van der Waals surface area (Å²) in [5.41, 5.74) is 1.02. The van der Waals surface area contributed by atoms with Crippen molar-refractivity contribution < 1.29 is 18.7 Å². The highest BCUT2D eigenvalue weighted by Gasteiger charge is 2.49. The Labute approximate surface area is 158 Å². The van der Waals surface area contributed by atoms with Crippen molar-refractivity contribution in [2.24, 2.45) is 11.3 Å². The molecule has 0 unspecified atom stereocenters. The van der Waals surface area contributed by atoms with Crippen LogP contribution in [0.1, 0.15) is 36.2 Å². The molecule has 6 nitrogen and oxygen atoms in total. The van der Waals surface area contributed by atoms with Gasteiger partial charge < -0.3 is 19.8 Å². The lowest BCUT2D eigenvalue weighted by Crippen LogP contribution is -2.44. The highest BCUT2D eigenvalue weighted by Crippen LogP contribution is 2.44. The van der Waals surface area contributed by atoms with Gasteiger partial charge in [0.1, 0.15) is 5.58 Å². The highest BCUT2D eigenvalue weighted by atomic mass is 35.5. The zero-order chi connectivity index (χ0) is 17.4. The molecule has 1 aromatic heterocycles. The third kappa shape index (κ3) is 3.08. The van der Waals surface area contributed by atoms with E-state index in [0.717, 1.165) is 43.4 Å². The summed E-state index contributed by atoms with van der Waals surface area (Å²) in [7, 11) is 1.32. The number of hydrogen-bond donors (Lipinski definition) is 2. The molecule has 1 amide bonds. The van der Waals surface area contributed by atoms with Crippen molar-refractivity contribution in [2.45, 2.75) is 25.7 Å². The molecule has 0 spiro atoms. The van der Waals surface area contributed by atoms with Crippen molar-refractivity contribution in [1.82, 2.24) is 5.32 Å². The third-order valence-electron chi connectivity index (χ3n) is 5.65. The highest BCUT2D eigenvalue weighted by molar-refractivity contribution is 5.99. The van der Waals surface area contributed by atoms with E-state index in [2.05, 4.69) is 15.4 Å². The summed E-state index contributed by atoms with van der Waals surface area (Å²) >= 11 is 0. The summed E-state index contributed by atoms with van der Waals surface area (Å²) in [6, 6.07) is 7.04. The van der Waals surface area contributed by atoms with Crippen LogP contribution < -0.4 is 10.6 Å². The van der Waals surface area contributed by atoms with Gasteiger partial charge in [-0.3, -0.25) is 4.79 Å². The van der Waals surface area contributed by atoms with Gasteiger partial charge in [-0.2, -0.15) is 0 Å². The Hall–Kier alpha value is -2.05. The number of methoxy groups -OCH3 is 1. The Bertz CT molecular complexity index is 834. The van der Waals surface area contributed by atoms with Gasteiger partial charge >= 0.3 is 5.97 Å². The molecule has 26 heavy (non-hydrogen) atoms. The average molecular weight is 379 g/mol. The second-order valence-electron chi connectivity index (χ2n) is 7.04. The van der Waals surface area contributed by atoms with Gasteiger partial charge in [-0.25, -0.2) is 4.79 Å². The van der Waals surface area contributed by atoms with Crippen LogP contribution in [0.3, 0.4) is 0 Å². The zero-order valence-electron chi connectivity index (χ0n) is 14.7. The Morgan fingerprint density at radius 1 is 1.31 bits per heavy atom. The molecule has 1 aliphatic carbocycles. The summed E-state index contributed by atoms with van der Waals surface area (Å²) in [6.45, 7) is 1.68. The molecule has 7 heteroatoms. The molecular formula is C19H23ClN2O4. The van der Waals surface area contributed by atoms with Crippen LogP contribution in [0.4, 0.5) is 5.69 Å². The standard InChI is InChI=1S/C19H22N2O4.ClH/c1-24-17(22)16-9-12-8-14(5-6-15(12)25-16)21-18(23)19-7-3-2-4-13(19)10-20-11-19;/h5-6,8-9,13,20H,2-4,7,10-11H2,1H3,(H,21,23);1H/t13-,19+;/m0./s1. The minimum Gasteiger partial charge on any atom is -0.463 e. The average Bonchev–Trinajstić information content (AvgIpc) is 3.25. The van der Waals surface area contributed by atoms with E-state index in [1.807, 2.05) is 12.1 Å². The fraction of sp³-hybridized carbons (Fsp3) is 0.474. The molecule has 2 heterocycles. The number of furan rings is 1. The Morgan fingerprint density at radius 2 is 2.15 bits per heavy atom. The number of fused-ring (bicyclic) bond motifs is 2. The van der Waals surface area contributed by atoms with Gasteiger partial charge in [0.25, 0.3) is 0 Å². The quantitative estimate of drug-likeness (QED) is 0.800. The van der Waals surface area contributed by atoms with Crippen LogP contribution in [0.15, 0.2) is 28.7 Å². The summed E-state index contributed by atoms with van der Waals surface area (Å²) in [4.78, 5) is 24.6. The number of hydrogen-bond acceptors (Lipinski definition) is 5. The van der Waals surface area contributed by atoms with E-state index in [4.69, 9.17) is 4.42 Å². The molecule has 2 aliphatic rings. The SMILES string of the molecule is COC(=O)c1cc2cc(NC(=O)[C@@]34CCCC[C@H]3CNC4)ccc2o1.Cl. The van der Waals surface area contributed by atoms with Gasteiger partial charge in [0.2, 0.25) is 11.7 Å². The van der Waals surface area contributed by atoms with Crippen molar-refractivity contribution >= 4 is 40.9 Å². The van der Waals surface area contributed by atoms with E-state index in [1.54, 1.807) is 12.1 Å². The Kier molecular flexibility index (Phi) is 5.25. The number of halogens is 1. The molecule has 1 aromatic carbocycles. The number of rotatable bonds is 3. The van der Waals surface area contributed by atoms with Crippen LogP contribution in [0.25, 0.3) is 11.0 Å². The number of anilines is 1. The van der Waals surface area contributed by atoms with Gasteiger partial charge in [0.05, 0.1) is 12.5 Å².